The van der Waals surface area contributed by atoms with Gasteiger partial charge in [0.05, 0.1) is 5.03 Å². The van der Waals surface area contributed by atoms with E-state index < -0.39 is 0 Å². The van der Waals surface area contributed by atoms with Crippen LogP contribution in [-0.4, -0.2) is 0 Å². The van der Waals surface area contributed by atoms with E-state index in [4.69, 9.17) is 11.6 Å². The topological polar surface area (TPSA) is 0 Å². The summed E-state index contributed by atoms with van der Waals surface area (Å²) in [7, 11) is 0. The summed E-state index contributed by atoms with van der Waals surface area (Å²) >= 11 is 6.22. The lowest BCUT2D eigenvalue weighted by Crippen LogP contribution is -2.28. The summed E-state index contributed by atoms with van der Waals surface area (Å²) < 4.78 is 0. The van der Waals surface area contributed by atoms with Crippen molar-refractivity contribution in [2.24, 2.45) is 0 Å². The highest BCUT2D eigenvalue weighted by Gasteiger charge is 2.37. The van der Waals surface area contributed by atoms with Crippen molar-refractivity contribution in [2.75, 3.05) is 0 Å². The Hall–Kier alpha value is -3.31. The highest BCUT2D eigenvalue weighted by atomic mass is 35.5. The van der Waals surface area contributed by atoms with E-state index in [9.17, 15) is 0 Å². The molecular formula is C32H29Cl. The summed E-state index contributed by atoms with van der Waals surface area (Å²) in [5.74, 6) is 0. The zero-order valence-corrected chi connectivity index (χ0v) is 20.1. The summed E-state index contributed by atoms with van der Waals surface area (Å²) in [6.45, 7) is 8.22. The Morgan fingerprint density at radius 2 is 1.39 bits per heavy atom. The molecule has 0 spiro atoms. The molecule has 164 valence electrons. The third-order valence-electron chi connectivity index (χ3n) is 6.45. The van der Waals surface area contributed by atoms with Crippen molar-refractivity contribution >= 4 is 29.3 Å². The van der Waals surface area contributed by atoms with Gasteiger partial charge in [-0.05, 0) is 58.4 Å². The van der Waals surface area contributed by atoms with Crippen LogP contribution in [-0.2, 0) is 5.41 Å². The van der Waals surface area contributed by atoms with Crippen LogP contribution in [0, 0.1) is 0 Å². The first-order chi connectivity index (χ1) is 16.1. The third-order valence-corrected chi connectivity index (χ3v) is 6.71. The van der Waals surface area contributed by atoms with Gasteiger partial charge in [0.15, 0.2) is 0 Å². The molecule has 0 saturated carbocycles. The molecule has 4 rings (SSSR count). The maximum atomic E-state index is 6.22. The number of halogens is 1. The van der Waals surface area contributed by atoms with Crippen molar-refractivity contribution in [3.8, 4) is 0 Å². The van der Waals surface area contributed by atoms with Crippen molar-refractivity contribution in [3.63, 3.8) is 0 Å². The van der Waals surface area contributed by atoms with Gasteiger partial charge in [-0.1, -0.05) is 129 Å². The summed E-state index contributed by atoms with van der Waals surface area (Å²) in [5, 5.41) is 0.510. The molecular weight excluding hydrogens is 420 g/mol. The van der Waals surface area contributed by atoms with Crippen LogP contribution in [0.15, 0.2) is 108 Å². The lowest BCUT2D eigenvalue weighted by atomic mass is 9.67. The van der Waals surface area contributed by atoms with Crippen molar-refractivity contribution in [1.29, 1.82) is 0 Å². The van der Waals surface area contributed by atoms with E-state index in [1.807, 2.05) is 6.08 Å². The minimum atomic E-state index is -0.329. The lowest BCUT2D eigenvalue weighted by molar-refractivity contribution is 0.688. The van der Waals surface area contributed by atoms with Crippen LogP contribution in [0.2, 0.25) is 0 Å². The van der Waals surface area contributed by atoms with E-state index in [0.29, 0.717) is 5.03 Å². The number of rotatable bonds is 6. The highest BCUT2D eigenvalue weighted by molar-refractivity contribution is 6.31. The third kappa shape index (κ3) is 4.46. The molecule has 1 heteroatoms. The number of unbranched alkanes of at least 4 members (excludes halogenated alkanes) is 1. The smallest absolute Gasteiger partial charge is 0.0818 e. The van der Waals surface area contributed by atoms with E-state index in [2.05, 4.69) is 123 Å². The van der Waals surface area contributed by atoms with Gasteiger partial charge in [-0.2, -0.15) is 0 Å². The van der Waals surface area contributed by atoms with E-state index in [0.717, 1.165) is 18.4 Å². The summed E-state index contributed by atoms with van der Waals surface area (Å²) in [4.78, 5) is 0. The van der Waals surface area contributed by atoms with Crippen molar-refractivity contribution in [2.45, 2.75) is 32.1 Å². The Kier molecular flexibility index (Phi) is 6.99. The lowest BCUT2D eigenvalue weighted by Gasteiger charge is -2.35. The molecule has 1 aliphatic carbocycles. The zero-order chi connectivity index (χ0) is 23.3. The van der Waals surface area contributed by atoms with E-state index in [1.54, 1.807) is 0 Å². The Morgan fingerprint density at radius 1 is 0.848 bits per heavy atom. The van der Waals surface area contributed by atoms with Gasteiger partial charge in [0, 0.05) is 5.41 Å². The largest absolute Gasteiger partial charge is 0.108 e. The van der Waals surface area contributed by atoms with Gasteiger partial charge in [-0.15, -0.1) is 5.73 Å². The molecule has 0 nitrogen and oxygen atoms in total. The van der Waals surface area contributed by atoms with Gasteiger partial charge in [0.25, 0.3) is 0 Å². The van der Waals surface area contributed by atoms with Crippen LogP contribution in [0.1, 0.15) is 60.1 Å². The number of hydrogen-bond donors (Lipinski definition) is 0. The second kappa shape index (κ2) is 10.1. The van der Waals surface area contributed by atoms with Gasteiger partial charge >= 0.3 is 0 Å². The molecule has 0 saturated heterocycles. The predicted molar refractivity (Wildman–Crippen MR) is 144 cm³/mol. The monoisotopic (exact) mass is 448 g/mol. The minimum Gasteiger partial charge on any atom is -0.108 e. The molecule has 0 amide bonds. The molecule has 0 radical (unpaired) electrons. The first kappa shape index (κ1) is 22.9. The molecule has 0 bridgehead atoms. The second-order valence-electron chi connectivity index (χ2n) is 8.48. The average Bonchev–Trinajstić information content (AvgIpc) is 2.99. The fraction of sp³-hybridized carbons (Fsp3) is 0.156. The second-order valence-corrected chi connectivity index (χ2v) is 8.89. The number of benzene rings is 3. The molecule has 0 atom stereocenters. The number of allylic oxidation sites excluding steroid dienone is 5. The van der Waals surface area contributed by atoms with Crippen LogP contribution in [0.5, 0.6) is 0 Å². The molecule has 0 N–H and O–H groups in total. The maximum Gasteiger partial charge on any atom is 0.0818 e. The Labute approximate surface area is 203 Å². The van der Waals surface area contributed by atoms with Crippen molar-refractivity contribution in [3.05, 3.63) is 142 Å². The summed E-state index contributed by atoms with van der Waals surface area (Å²) in [6, 6.07) is 26.2. The Balaban J connectivity index is 2.02. The average molecular weight is 449 g/mol. The number of fused-ring (bicyclic) bond motifs is 2. The summed E-state index contributed by atoms with van der Waals surface area (Å²) in [5.41, 5.74) is 11.2. The van der Waals surface area contributed by atoms with Gasteiger partial charge in [0.1, 0.15) is 0 Å². The molecule has 0 fully saturated rings. The quantitative estimate of drug-likeness (QED) is 0.260. The first-order valence-corrected chi connectivity index (χ1v) is 11.9. The van der Waals surface area contributed by atoms with E-state index in [1.165, 1.54) is 33.4 Å². The molecule has 0 heterocycles. The van der Waals surface area contributed by atoms with Gasteiger partial charge in [-0.3, -0.25) is 0 Å². The van der Waals surface area contributed by atoms with Crippen molar-refractivity contribution < 1.29 is 0 Å². The molecule has 0 unspecified atom stereocenters. The zero-order valence-electron chi connectivity index (χ0n) is 19.3. The van der Waals surface area contributed by atoms with Gasteiger partial charge in [0.2, 0.25) is 0 Å². The highest BCUT2D eigenvalue weighted by Crippen LogP contribution is 2.46. The fourth-order valence-electron chi connectivity index (χ4n) is 4.77. The van der Waals surface area contributed by atoms with Crippen LogP contribution in [0.25, 0.3) is 17.7 Å². The normalized spacial score (nSPS) is 14.3. The Morgan fingerprint density at radius 3 is 1.97 bits per heavy atom. The van der Waals surface area contributed by atoms with Crippen LogP contribution in [0.3, 0.4) is 0 Å². The molecule has 0 aliphatic heterocycles. The molecule has 3 aromatic rings. The Bertz CT molecular complexity index is 1250. The van der Waals surface area contributed by atoms with E-state index in [-0.39, 0.29) is 5.41 Å². The maximum absolute atomic E-state index is 6.22. The predicted octanol–water partition coefficient (Wildman–Crippen LogP) is 9.17. The van der Waals surface area contributed by atoms with Crippen LogP contribution < -0.4 is 0 Å². The standard InChI is InChI=1S/C32H29Cl/c1-4-6-13-24(22-23-27(33)5-2)28-16-9-12-19-31(28)32(3)29-17-10-7-14-25(29)20-21-26-15-8-11-18-30(26)32/h7-23H,2,4,6H2,1,3H3/b23-22-,24-13-. The molecule has 0 aromatic heterocycles. The van der Waals surface area contributed by atoms with Crippen molar-refractivity contribution in [1.82, 2.24) is 0 Å². The molecule has 3 aromatic carbocycles. The first-order valence-electron chi connectivity index (χ1n) is 11.5. The van der Waals surface area contributed by atoms with E-state index >= 15 is 0 Å². The van der Waals surface area contributed by atoms with Crippen LogP contribution in [0.4, 0.5) is 0 Å². The van der Waals surface area contributed by atoms with Crippen LogP contribution >= 0.6 is 11.6 Å². The van der Waals surface area contributed by atoms with Gasteiger partial charge < -0.3 is 0 Å². The minimum absolute atomic E-state index is 0.329. The summed E-state index contributed by atoms with van der Waals surface area (Å²) in [6.07, 6.45) is 12.8. The fourth-order valence-corrected chi connectivity index (χ4v) is 4.83. The number of hydrogen-bond acceptors (Lipinski definition) is 0. The van der Waals surface area contributed by atoms with Gasteiger partial charge in [-0.25, -0.2) is 0 Å². The SMILES string of the molecule is C=C=C(Cl)/C=C\C(=C\CCC)c1ccccc1C1(C)c2ccccc2C=Cc2ccccc21. The molecule has 1 aliphatic rings. The molecule has 33 heavy (non-hydrogen) atoms.